The number of carboxylic acid groups (broad SMARTS) is 1. The summed E-state index contributed by atoms with van der Waals surface area (Å²) in [6.07, 6.45) is 1.55. The van der Waals surface area contributed by atoms with Crippen LogP contribution in [0.25, 0.3) is 0 Å². The molecule has 0 saturated heterocycles. The van der Waals surface area contributed by atoms with Crippen LogP contribution in [0.5, 0.6) is 0 Å². The van der Waals surface area contributed by atoms with Crippen molar-refractivity contribution in [3.63, 3.8) is 0 Å². The molecule has 2 N–H and O–H groups in total. The van der Waals surface area contributed by atoms with E-state index in [1.807, 2.05) is 0 Å². The van der Waals surface area contributed by atoms with E-state index in [0.29, 0.717) is 23.8 Å². The summed E-state index contributed by atoms with van der Waals surface area (Å²) in [6, 6.07) is 4.72. The van der Waals surface area contributed by atoms with Gasteiger partial charge < -0.3 is 14.9 Å². The lowest BCUT2D eigenvalue weighted by molar-refractivity contribution is 0.0696. The number of rotatable bonds is 4. The Kier molecular flexibility index (Phi) is 3.04. The van der Waals surface area contributed by atoms with E-state index in [-0.39, 0.29) is 5.56 Å². The predicted octanol–water partition coefficient (Wildman–Crippen LogP) is 1.69. The van der Waals surface area contributed by atoms with Crippen molar-refractivity contribution in [2.45, 2.75) is 13.5 Å². The van der Waals surface area contributed by atoms with Crippen LogP contribution in [0, 0.1) is 6.92 Å². The average molecular weight is 233 g/mol. The molecule has 0 atom stereocenters. The Balaban J connectivity index is 2.13. The molecule has 2 aromatic heterocycles. The van der Waals surface area contributed by atoms with Gasteiger partial charge in [0.1, 0.15) is 5.82 Å². The van der Waals surface area contributed by atoms with Gasteiger partial charge in [-0.05, 0) is 19.1 Å². The van der Waals surface area contributed by atoms with Crippen molar-refractivity contribution in [1.29, 1.82) is 0 Å². The summed E-state index contributed by atoms with van der Waals surface area (Å²) in [6.45, 7) is 2.15. The minimum absolute atomic E-state index is 0.206. The predicted molar refractivity (Wildman–Crippen MR) is 59.8 cm³/mol. The molecular weight excluding hydrogens is 222 g/mol. The smallest absolute Gasteiger partial charge is 0.335 e. The van der Waals surface area contributed by atoms with Crippen molar-refractivity contribution < 1.29 is 14.4 Å². The normalized spacial score (nSPS) is 10.2. The molecule has 0 aliphatic heterocycles. The second-order valence-electron chi connectivity index (χ2n) is 3.52. The quantitative estimate of drug-likeness (QED) is 0.835. The van der Waals surface area contributed by atoms with Crippen molar-refractivity contribution in [2.24, 2.45) is 0 Å². The summed E-state index contributed by atoms with van der Waals surface area (Å²) < 4.78 is 4.91. The maximum atomic E-state index is 10.9. The van der Waals surface area contributed by atoms with E-state index in [2.05, 4.69) is 15.5 Å². The molecule has 0 amide bonds. The summed E-state index contributed by atoms with van der Waals surface area (Å²) in [4.78, 5) is 15.0. The van der Waals surface area contributed by atoms with Gasteiger partial charge >= 0.3 is 5.97 Å². The number of aryl methyl sites for hydroxylation is 1. The number of carboxylic acids is 1. The number of hydrogen-bond acceptors (Lipinski definition) is 5. The van der Waals surface area contributed by atoms with E-state index in [4.69, 9.17) is 9.63 Å². The van der Waals surface area contributed by atoms with E-state index < -0.39 is 5.97 Å². The van der Waals surface area contributed by atoms with Crippen LogP contribution in [0.2, 0.25) is 0 Å². The van der Waals surface area contributed by atoms with Gasteiger partial charge in [0.2, 0.25) is 0 Å². The first-order valence-corrected chi connectivity index (χ1v) is 5.00. The Morgan fingerprint density at radius 1 is 1.53 bits per heavy atom. The molecule has 0 fully saturated rings. The summed E-state index contributed by atoms with van der Waals surface area (Å²) >= 11 is 0. The summed E-state index contributed by atoms with van der Waals surface area (Å²) in [7, 11) is 0. The highest BCUT2D eigenvalue weighted by Gasteiger charge is 2.06. The van der Waals surface area contributed by atoms with Gasteiger partial charge in [-0.2, -0.15) is 0 Å². The number of carbonyl (C=O) groups is 1. The Morgan fingerprint density at radius 2 is 2.35 bits per heavy atom. The third-order valence-corrected chi connectivity index (χ3v) is 2.14. The maximum absolute atomic E-state index is 10.9. The number of anilines is 1. The average Bonchev–Trinajstić information content (AvgIpc) is 2.78. The summed E-state index contributed by atoms with van der Waals surface area (Å²) in [5, 5.41) is 15.4. The lowest BCUT2D eigenvalue weighted by Crippen LogP contribution is -2.05. The largest absolute Gasteiger partial charge is 0.478 e. The van der Waals surface area contributed by atoms with Gasteiger partial charge in [-0.15, -0.1) is 0 Å². The number of pyridine rings is 1. The van der Waals surface area contributed by atoms with Crippen LogP contribution in [0.4, 0.5) is 5.82 Å². The number of aromatic nitrogens is 2. The van der Waals surface area contributed by atoms with E-state index >= 15 is 0 Å². The third-order valence-electron chi connectivity index (χ3n) is 2.14. The second kappa shape index (κ2) is 4.65. The summed E-state index contributed by atoms with van der Waals surface area (Å²) in [5.74, 6) is 0.183. The fourth-order valence-corrected chi connectivity index (χ4v) is 1.39. The van der Waals surface area contributed by atoms with Gasteiger partial charge in [-0.3, -0.25) is 0 Å². The van der Waals surface area contributed by atoms with Crippen LogP contribution >= 0.6 is 0 Å². The van der Waals surface area contributed by atoms with Crippen molar-refractivity contribution >= 4 is 11.8 Å². The topological polar surface area (TPSA) is 88.2 Å². The van der Waals surface area contributed by atoms with E-state index in [9.17, 15) is 4.79 Å². The van der Waals surface area contributed by atoms with E-state index in [0.717, 1.165) is 0 Å². The molecule has 0 spiro atoms. The molecule has 6 heteroatoms. The molecule has 0 aliphatic rings. The molecule has 0 aromatic carbocycles. The Hall–Kier alpha value is -2.37. The van der Waals surface area contributed by atoms with Crippen LogP contribution in [-0.2, 0) is 6.54 Å². The van der Waals surface area contributed by atoms with Crippen LogP contribution in [-0.4, -0.2) is 21.2 Å². The molecule has 0 aliphatic carbocycles. The van der Waals surface area contributed by atoms with Gasteiger partial charge in [-0.25, -0.2) is 9.78 Å². The highest BCUT2D eigenvalue weighted by molar-refractivity contribution is 5.88. The molecule has 2 heterocycles. The standard InChI is InChI=1S/C11H11N3O3/c1-7-4-8(11(15)16)5-10(14-7)12-6-9-2-3-13-17-9/h2-5H,6H2,1H3,(H,12,14)(H,15,16). The number of hydrogen-bond donors (Lipinski definition) is 2. The molecule has 88 valence electrons. The lowest BCUT2D eigenvalue weighted by atomic mass is 10.2. The van der Waals surface area contributed by atoms with Crippen molar-refractivity contribution in [2.75, 3.05) is 5.32 Å². The zero-order valence-corrected chi connectivity index (χ0v) is 9.17. The highest BCUT2D eigenvalue weighted by atomic mass is 16.5. The zero-order valence-electron chi connectivity index (χ0n) is 9.17. The highest BCUT2D eigenvalue weighted by Crippen LogP contribution is 2.11. The molecule has 6 nitrogen and oxygen atoms in total. The fourth-order valence-electron chi connectivity index (χ4n) is 1.39. The first kappa shape index (κ1) is 11.1. The molecule has 0 bridgehead atoms. The van der Waals surface area contributed by atoms with Gasteiger partial charge in [0.05, 0.1) is 18.3 Å². The molecule has 2 aromatic rings. The molecule has 2 rings (SSSR count). The first-order chi connectivity index (χ1) is 8.15. The van der Waals surface area contributed by atoms with Crippen LogP contribution < -0.4 is 5.32 Å². The number of nitrogens with zero attached hydrogens (tertiary/aromatic N) is 2. The summed E-state index contributed by atoms with van der Waals surface area (Å²) in [5.41, 5.74) is 0.850. The Labute approximate surface area is 97.3 Å². The maximum Gasteiger partial charge on any atom is 0.335 e. The fraction of sp³-hybridized carbons (Fsp3) is 0.182. The van der Waals surface area contributed by atoms with Crippen LogP contribution in [0.3, 0.4) is 0 Å². The Bertz CT molecular complexity index is 523. The van der Waals surface area contributed by atoms with Crippen molar-refractivity contribution in [1.82, 2.24) is 10.1 Å². The molecule has 17 heavy (non-hydrogen) atoms. The second-order valence-corrected chi connectivity index (χ2v) is 3.52. The third kappa shape index (κ3) is 2.81. The van der Waals surface area contributed by atoms with Crippen molar-refractivity contribution in [3.05, 3.63) is 41.4 Å². The molecule has 0 saturated carbocycles. The van der Waals surface area contributed by atoms with Gasteiger partial charge in [0, 0.05) is 11.8 Å². The van der Waals surface area contributed by atoms with Gasteiger partial charge in [-0.1, -0.05) is 5.16 Å². The zero-order chi connectivity index (χ0) is 12.3. The first-order valence-electron chi connectivity index (χ1n) is 5.00. The lowest BCUT2D eigenvalue weighted by Gasteiger charge is -2.05. The molecular formula is C11H11N3O3. The number of aromatic carboxylic acids is 1. The van der Waals surface area contributed by atoms with Gasteiger partial charge in [0.15, 0.2) is 5.76 Å². The van der Waals surface area contributed by atoms with Crippen LogP contribution in [0.1, 0.15) is 21.8 Å². The SMILES string of the molecule is Cc1cc(C(=O)O)cc(NCc2ccno2)n1. The van der Waals surface area contributed by atoms with E-state index in [1.54, 1.807) is 19.2 Å². The molecule has 0 radical (unpaired) electrons. The molecule has 0 unspecified atom stereocenters. The Morgan fingerprint density at radius 3 is 3.00 bits per heavy atom. The van der Waals surface area contributed by atoms with Crippen molar-refractivity contribution in [3.8, 4) is 0 Å². The van der Waals surface area contributed by atoms with Crippen LogP contribution in [0.15, 0.2) is 28.9 Å². The minimum atomic E-state index is -0.974. The monoisotopic (exact) mass is 233 g/mol. The van der Waals surface area contributed by atoms with E-state index in [1.165, 1.54) is 12.1 Å². The van der Waals surface area contributed by atoms with Gasteiger partial charge in [0.25, 0.3) is 0 Å². The number of nitrogens with one attached hydrogen (secondary N) is 1. The minimum Gasteiger partial charge on any atom is -0.478 e.